The maximum absolute atomic E-state index is 13.0. The fraction of sp³-hybridized carbons (Fsp3) is 0.261. The maximum Gasteiger partial charge on any atom is 0.416 e. The van der Waals surface area contributed by atoms with Crippen molar-refractivity contribution in [1.29, 1.82) is 0 Å². The number of amides is 1. The number of fused-ring (bicyclic) bond motifs is 1. The van der Waals surface area contributed by atoms with Gasteiger partial charge in [-0.05, 0) is 53.9 Å². The number of hydrogen-bond donors (Lipinski definition) is 2. The first-order valence-electron chi connectivity index (χ1n) is 10.1. The van der Waals surface area contributed by atoms with Crippen molar-refractivity contribution in [2.24, 2.45) is 0 Å². The zero-order valence-corrected chi connectivity index (χ0v) is 17.1. The lowest BCUT2D eigenvalue weighted by atomic mass is 10.0. The van der Waals surface area contributed by atoms with Crippen LogP contribution in [0.5, 0.6) is 0 Å². The number of hydrogen-bond acceptors (Lipinski definition) is 5. The predicted octanol–water partition coefficient (Wildman–Crippen LogP) is 3.50. The van der Waals surface area contributed by atoms with E-state index in [0.717, 1.165) is 28.9 Å². The lowest BCUT2D eigenvalue weighted by Gasteiger charge is -2.19. The molecule has 9 heteroatoms. The topological polar surface area (TPSA) is 78.4 Å². The quantitative estimate of drug-likeness (QED) is 0.611. The number of nitrogens with one attached hydrogen (secondary N) is 1. The van der Waals surface area contributed by atoms with Crippen molar-refractivity contribution in [3.63, 3.8) is 0 Å². The molecule has 1 amide bonds. The van der Waals surface area contributed by atoms with Crippen molar-refractivity contribution in [3.05, 3.63) is 82.8 Å². The van der Waals surface area contributed by atoms with Gasteiger partial charge in [-0.3, -0.25) is 9.78 Å². The second kappa shape index (κ2) is 8.96. The number of alkyl halides is 3. The van der Waals surface area contributed by atoms with E-state index in [0.29, 0.717) is 30.0 Å². The lowest BCUT2D eigenvalue weighted by Crippen LogP contribution is -2.27. The van der Waals surface area contributed by atoms with Crippen molar-refractivity contribution in [3.8, 4) is 0 Å². The molecule has 32 heavy (non-hydrogen) atoms. The van der Waals surface area contributed by atoms with Gasteiger partial charge in [0.05, 0.1) is 12.2 Å². The zero-order valence-electron chi connectivity index (χ0n) is 17.1. The van der Waals surface area contributed by atoms with Gasteiger partial charge in [-0.2, -0.15) is 13.2 Å². The van der Waals surface area contributed by atoms with Crippen molar-refractivity contribution in [2.45, 2.75) is 19.0 Å². The Morgan fingerprint density at radius 3 is 2.72 bits per heavy atom. The highest BCUT2D eigenvalue weighted by Crippen LogP contribution is 2.36. The van der Waals surface area contributed by atoms with Gasteiger partial charge in [-0.25, -0.2) is 4.98 Å². The summed E-state index contributed by atoms with van der Waals surface area (Å²) in [7, 11) is 0. The molecule has 0 aliphatic carbocycles. The number of aliphatic hydroxyl groups excluding tert-OH is 1. The Morgan fingerprint density at radius 2 is 1.94 bits per heavy atom. The molecule has 0 bridgehead atoms. The number of aromatic nitrogens is 2. The zero-order chi connectivity index (χ0) is 22.7. The van der Waals surface area contributed by atoms with E-state index in [4.69, 9.17) is 5.11 Å². The second-order valence-corrected chi connectivity index (χ2v) is 7.42. The molecule has 0 saturated carbocycles. The Morgan fingerprint density at radius 1 is 1.12 bits per heavy atom. The van der Waals surface area contributed by atoms with Crippen LogP contribution < -0.4 is 10.2 Å². The highest BCUT2D eigenvalue weighted by atomic mass is 19.4. The van der Waals surface area contributed by atoms with Gasteiger partial charge in [0, 0.05) is 48.8 Å². The van der Waals surface area contributed by atoms with Crippen LogP contribution in [-0.2, 0) is 19.0 Å². The molecule has 0 radical (unpaired) electrons. The first-order chi connectivity index (χ1) is 15.4. The molecular weight excluding hydrogens is 421 g/mol. The Hall–Kier alpha value is -3.46. The summed E-state index contributed by atoms with van der Waals surface area (Å²) >= 11 is 0. The van der Waals surface area contributed by atoms with Gasteiger partial charge in [-0.1, -0.05) is 6.07 Å². The molecule has 6 nitrogen and oxygen atoms in total. The SMILES string of the molecule is O=C(NCCO)c1cccc2c1CCN2c1cc(Cc2cc(C(F)(F)F)ccn2)ccn1. The molecule has 166 valence electrons. The number of benzene rings is 1. The van der Waals surface area contributed by atoms with E-state index in [1.807, 2.05) is 17.0 Å². The average Bonchev–Trinajstić information content (AvgIpc) is 3.21. The number of carbonyl (C=O) groups is 1. The van der Waals surface area contributed by atoms with Crippen molar-refractivity contribution >= 4 is 17.4 Å². The Kier molecular flexibility index (Phi) is 6.09. The van der Waals surface area contributed by atoms with Gasteiger partial charge < -0.3 is 15.3 Å². The smallest absolute Gasteiger partial charge is 0.395 e. The minimum atomic E-state index is -4.42. The minimum absolute atomic E-state index is 0.135. The summed E-state index contributed by atoms with van der Waals surface area (Å²) in [5, 5.41) is 11.6. The summed E-state index contributed by atoms with van der Waals surface area (Å²) in [6, 6.07) is 11.0. The van der Waals surface area contributed by atoms with E-state index in [1.54, 1.807) is 24.4 Å². The van der Waals surface area contributed by atoms with E-state index < -0.39 is 11.7 Å². The van der Waals surface area contributed by atoms with E-state index in [9.17, 15) is 18.0 Å². The molecular formula is C23H21F3N4O2. The normalized spacial score (nSPS) is 13.2. The highest BCUT2D eigenvalue weighted by Gasteiger charge is 2.30. The average molecular weight is 442 g/mol. The number of carbonyl (C=O) groups excluding carboxylic acids is 1. The van der Waals surface area contributed by atoms with Crippen LogP contribution in [0, 0.1) is 0 Å². The van der Waals surface area contributed by atoms with Crippen molar-refractivity contribution in [1.82, 2.24) is 15.3 Å². The van der Waals surface area contributed by atoms with Crippen LogP contribution in [0.15, 0.2) is 54.9 Å². The molecule has 1 aliphatic rings. The fourth-order valence-electron chi connectivity index (χ4n) is 3.83. The molecule has 0 saturated heterocycles. The first-order valence-corrected chi connectivity index (χ1v) is 10.1. The summed E-state index contributed by atoms with van der Waals surface area (Å²) in [4.78, 5) is 22.9. The van der Waals surface area contributed by atoms with Gasteiger partial charge in [0.1, 0.15) is 5.82 Å². The molecule has 2 aromatic heterocycles. The molecule has 1 aromatic carbocycles. The van der Waals surface area contributed by atoms with Crippen molar-refractivity contribution in [2.75, 3.05) is 24.6 Å². The largest absolute Gasteiger partial charge is 0.416 e. The lowest BCUT2D eigenvalue weighted by molar-refractivity contribution is -0.137. The molecule has 3 heterocycles. The molecule has 2 N–H and O–H groups in total. The maximum atomic E-state index is 13.0. The van der Waals surface area contributed by atoms with Gasteiger partial charge in [0.25, 0.3) is 5.91 Å². The molecule has 0 fully saturated rings. The highest BCUT2D eigenvalue weighted by molar-refractivity contribution is 5.98. The summed E-state index contributed by atoms with van der Waals surface area (Å²) < 4.78 is 39.0. The van der Waals surface area contributed by atoms with Crippen LogP contribution in [0.25, 0.3) is 0 Å². The van der Waals surface area contributed by atoms with Gasteiger partial charge in [0.15, 0.2) is 0 Å². The van der Waals surface area contributed by atoms with Gasteiger partial charge in [0.2, 0.25) is 0 Å². The Labute approximate surface area is 182 Å². The number of aliphatic hydroxyl groups is 1. The Bertz CT molecular complexity index is 1130. The molecule has 0 spiro atoms. The molecule has 0 atom stereocenters. The summed E-state index contributed by atoms with van der Waals surface area (Å²) in [6.07, 6.45) is -0.737. The molecule has 0 unspecified atom stereocenters. The third-order valence-corrected chi connectivity index (χ3v) is 5.29. The van der Waals surface area contributed by atoms with Gasteiger partial charge in [-0.15, -0.1) is 0 Å². The van der Waals surface area contributed by atoms with Crippen LogP contribution in [-0.4, -0.2) is 40.7 Å². The molecule has 1 aliphatic heterocycles. The van der Waals surface area contributed by atoms with Crippen LogP contribution in [0.4, 0.5) is 24.7 Å². The number of rotatable bonds is 6. The molecule has 4 rings (SSSR count). The van der Waals surface area contributed by atoms with E-state index in [-0.39, 0.29) is 25.5 Å². The fourth-order valence-corrected chi connectivity index (χ4v) is 3.83. The second-order valence-electron chi connectivity index (χ2n) is 7.42. The number of nitrogens with zero attached hydrogens (tertiary/aromatic N) is 3. The van der Waals surface area contributed by atoms with Crippen LogP contribution in [0.3, 0.4) is 0 Å². The number of anilines is 2. The third kappa shape index (κ3) is 4.57. The number of pyridine rings is 2. The standard InChI is InChI=1S/C23H21F3N4O2/c24-23(25,26)16-5-8-27-17(14-16)12-15-4-7-28-21(13-15)30-10-6-18-19(2-1-3-20(18)30)22(32)29-9-11-31/h1-5,7-8,13-14,31H,6,9-12H2,(H,29,32). The Balaban J connectivity index is 1.58. The summed E-state index contributed by atoms with van der Waals surface area (Å²) in [5.41, 5.74) is 2.70. The predicted molar refractivity (Wildman–Crippen MR) is 113 cm³/mol. The van der Waals surface area contributed by atoms with Crippen molar-refractivity contribution < 1.29 is 23.1 Å². The third-order valence-electron chi connectivity index (χ3n) is 5.29. The summed E-state index contributed by atoms with van der Waals surface area (Å²) in [6.45, 7) is 0.668. The first kappa shape index (κ1) is 21.8. The van der Waals surface area contributed by atoms with Crippen LogP contribution in [0.1, 0.15) is 32.7 Å². The van der Waals surface area contributed by atoms with Gasteiger partial charge >= 0.3 is 6.18 Å². The molecule has 3 aromatic rings. The van der Waals surface area contributed by atoms with Crippen LogP contribution >= 0.6 is 0 Å². The van der Waals surface area contributed by atoms with E-state index in [2.05, 4.69) is 15.3 Å². The number of halogens is 3. The minimum Gasteiger partial charge on any atom is -0.395 e. The summed E-state index contributed by atoms with van der Waals surface area (Å²) in [5.74, 6) is 0.413. The monoisotopic (exact) mass is 442 g/mol. The van der Waals surface area contributed by atoms with Crippen LogP contribution in [0.2, 0.25) is 0 Å². The van der Waals surface area contributed by atoms with E-state index in [1.165, 1.54) is 6.20 Å². The van der Waals surface area contributed by atoms with E-state index >= 15 is 0 Å².